The molecule has 0 fully saturated rings. The van der Waals surface area contributed by atoms with Gasteiger partial charge in [-0.3, -0.25) is 4.90 Å². The summed E-state index contributed by atoms with van der Waals surface area (Å²) in [5.74, 6) is 0.518. The Morgan fingerprint density at radius 2 is 2.23 bits per heavy atom. The van der Waals surface area contributed by atoms with E-state index in [1.807, 2.05) is 0 Å². The Kier molecular flexibility index (Phi) is 2.04. The summed E-state index contributed by atoms with van der Waals surface area (Å²) < 4.78 is 0. The van der Waals surface area contributed by atoms with Crippen LogP contribution in [0.4, 0.5) is 5.13 Å². The van der Waals surface area contributed by atoms with E-state index in [0.29, 0.717) is 17.1 Å². The Morgan fingerprint density at radius 1 is 1.54 bits per heavy atom. The van der Waals surface area contributed by atoms with Crippen LogP contribution in [0, 0.1) is 0 Å². The summed E-state index contributed by atoms with van der Waals surface area (Å²) in [4.78, 5) is 8.08. The molecule has 13 heavy (non-hydrogen) atoms. The predicted octanol–water partition coefficient (Wildman–Crippen LogP) is 1.84. The minimum Gasteiger partial charge on any atom is -0.375 e. The van der Waals surface area contributed by atoms with E-state index < -0.39 is 0 Å². The Morgan fingerprint density at radius 3 is 2.92 bits per heavy atom. The summed E-state index contributed by atoms with van der Waals surface area (Å²) >= 11 is 1.63. The van der Waals surface area contributed by atoms with Gasteiger partial charge >= 0.3 is 0 Å². The van der Waals surface area contributed by atoms with Gasteiger partial charge in [-0.25, -0.2) is 4.98 Å². The van der Waals surface area contributed by atoms with Crippen LogP contribution in [0.5, 0.6) is 0 Å². The van der Waals surface area contributed by atoms with Crippen molar-refractivity contribution in [2.24, 2.45) is 0 Å². The Labute approximate surface area is 82.6 Å². The number of thiazole rings is 1. The highest BCUT2D eigenvalue weighted by molar-refractivity contribution is 7.15. The van der Waals surface area contributed by atoms with Crippen LogP contribution < -0.4 is 5.73 Å². The molecule has 0 radical (unpaired) electrons. The summed E-state index contributed by atoms with van der Waals surface area (Å²) in [7, 11) is 2.15. The molecule has 0 saturated carbocycles. The molecular formula is C9H15N3S. The number of anilines is 1. The fourth-order valence-electron chi connectivity index (χ4n) is 1.89. The van der Waals surface area contributed by atoms with Crippen molar-refractivity contribution in [1.29, 1.82) is 0 Å². The van der Waals surface area contributed by atoms with Gasteiger partial charge in [-0.05, 0) is 14.0 Å². The van der Waals surface area contributed by atoms with Crippen LogP contribution in [-0.4, -0.2) is 23.5 Å². The van der Waals surface area contributed by atoms with Gasteiger partial charge in [0.15, 0.2) is 5.13 Å². The van der Waals surface area contributed by atoms with Crippen LogP contribution in [-0.2, 0) is 0 Å². The lowest BCUT2D eigenvalue weighted by atomic mass is 9.98. The number of nitrogens with two attached hydrogens (primary N) is 1. The molecule has 0 spiro atoms. The van der Waals surface area contributed by atoms with Gasteiger partial charge in [0.2, 0.25) is 0 Å². The Hall–Kier alpha value is -0.610. The maximum absolute atomic E-state index is 5.72. The number of likely N-dealkylation sites (N-methyl/N-ethyl adjacent to an activating group) is 1. The van der Waals surface area contributed by atoms with Crippen molar-refractivity contribution in [3.8, 4) is 0 Å². The summed E-state index contributed by atoms with van der Waals surface area (Å²) in [6.07, 6.45) is 0. The second-order valence-electron chi connectivity index (χ2n) is 3.82. The molecule has 0 saturated heterocycles. The minimum atomic E-state index is 0.473. The van der Waals surface area contributed by atoms with E-state index in [0.717, 1.165) is 6.54 Å². The molecule has 4 heteroatoms. The lowest BCUT2D eigenvalue weighted by Gasteiger charge is -2.32. The monoisotopic (exact) mass is 197 g/mol. The molecule has 2 unspecified atom stereocenters. The molecule has 1 aliphatic rings. The Balaban J connectivity index is 2.47. The lowest BCUT2D eigenvalue weighted by molar-refractivity contribution is 0.230. The maximum atomic E-state index is 5.72. The number of hydrogen-bond acceptors (Lipinski definition) is 4. The molecule has 2 heterocycles. The number of nitrogens with zero attached hydrogens (tertiary/aromatic N) is 2. The van der Waals surface area contributed by atoms with Gasteiger partial charge < -0.3 is 5.73 Å². The zero-order valence-electron chi connectivity index (χ0n) is 8.24. The van der Waals surface area contributed by atoms with Crippen molar-refractivity contribution in [2.45, 2.75) is 25.8 Å². The smallest absolute Gasteiger partial charge is 0.180 e. The van der Waals surface area contributed by atoms with E-state index in [-0.39, 0.29) is 0 Å². The highest BCUT2D eigenvalue weighted by Gasteiger charge is 2.29. The minimum absolute atomic E-state index is 0.473. The number of nitrogen functional groups attached to an aromatic ring is 1. The van der Waals surface area contributed by atoms with Crippen molar-refractivity contribution >= 4 is 16.5 Å². The van der Waals surface area contributed by atoms with Crippen LogP contribution in [0.3, 0.4) is 0 Å². The molecule has 0 aromatic carbocycles. The van der Waals surface area contributed by atoms with Gasteiger partial charge in [0.25, 0.3) is 0 Å². The van der Waals surface area contributed by atoms with Crippen molar-refractivity contribution in [3.05, 3.63) is 10.6 Å². The molecule has 2 rings (SSSR count). The van der Waals surface area contributed by atoms with Crippen LogP contribution in [0.2, 0.25) is 0 Å². The molecule has 0 aliphatic carbocycles. The van der Waals surface area contributed by atoms with E-state index >= 15 is 0 Å². The largest absolute Gasteiger partial charge is 0.375 e. The first-order valence-corrected chi connectivity index (χ1v) is 5.37. The SMILES string of the molecule is CC1CN(C)C(C)c2sc(N)nc21. The van der Waals surface area contributed by atoms with E-state index in [4.69, 9.17) is 5.73 Å². The molecule has 72 valence electrons. The summed E-state index contributed by atoms with van der Waals surface area (Å²) in [6, 6.07) is 0.473. The zero-order chi connectivity index (χ0) is 9.59. The molecular weight excluding hydrogens is 182 g/mol. The fourth-order valence-corrected chi connectivity index (χ4v) is 2.96. The van der Waals surface area contributed by atoms with E-state index in [9.17, 15) is 0 Å². The van der Waals surface area contributed by atoms with Crippen LogP contribution in [0.1, 0.15) is 36.4 Å². The van der Waals surface area contributed by atoms with Gasteiger partial charge in [0, 0.05) is 23.4 Å². The molecule has 1 aromatic rings. The quantitative estimate of drug-likeness (QED) is 0.690. The fraction of sp³-hybridized carbons (Fsp3) is 0.667. The van der Waals surface area contributed by atoms with Crippen molar-refractivity contribution in [2.75, 3.05) is 19.3 Å². The number of hydrogen-bond donors (Lipinski definition) is 1. The maximum Gasteiger partial charge on any atom is 0.180 e. The molecule has 0 amide bonds. The third kappa shape index (κ3) is 1.34. The normalized spacial score (nSPS) is 28.8. The van der Waals surface area contributed by atoms with Gasteiger partial charge in [0.05, 0.1) is 5.69 Å². The van der Waals surface area contributed by atoms with Crippen LogP contribution in [0.25, 0.3) is 0 Å². The average Bonchev–Trinajstić information content (AvgIpc) is 2.44. The topological polar surface area (TPSA) is 42.1 Å². The van der Waals surface area contributed by atoms with E-state index in [1.54, 1.807) is 11.3 Å². The standard InChI is InChI=1S/C9H15N3S/c1-5-4-12(3)6(2)8-7(5)11-9(10)13-8/h5-6H,4H2,1-3H3,(H2,10,11). The summed E-state index contributed by atoms with van der Waals surface area (Å²) in [5, 5.41) is 0.707. The number of rotatable bonds is 0. The van der Waals surface area contributed by atoms with Crippen molar-refractivity contribution < 1.29 is 0 Å². The third-order valence-electron chi connectivity index (χ3n) is 2.77. The lowest BCUT2D eigenvalue weighted by Crippen LogP contribution is -2.31. The average molecular weight is 197 g/mol. The van der Waals surface area contributed by atoms with Gasteiger partial charge in [0.1, 0.15) is 0 Å². The summed E-state index contributed by atoms with van der Waals surface area (Å²) in [6.45, 7) is 5.50. The van der Waals surface area contributed by atoms with Crippen LogP contribution >= 0.6 is 11.3 Å². The highest BCUT2D eigenvalue weighted by Crippen LogP contribution is 2.38. The third-order valence-corrected chi connectivity index (χ3v) is 3.84. The predicted molar refractivity (Wildman–Crippen MR) is 56.0 cm³/mol. The van der Waals surface area contributed by atoms with E-state index in [1.165, 1.54) is 10.6 Å². The van der Waals surface area contributed by atoms with Crippen molar-refractivity contribution in [3.63, 3.8) is 0 Å². The first kappa shape index (κ1) is 8.97. The van der Waals surface area contributed by atoms with E-state index in [2.05, 4.69) is 30.8 Å². The summed E-state index contributed by atoms with van der Waals surface area (Å²) in [5.41, 5.74) is 6.93. The van der Waals surface area contributed by atoms with Gasteiger partial charge in [-0.2, -0.15) is 0 Å². The molecule has 2 N–H and O–H groups in total. The first-order chi connectivity index (χ1) is 6.09. The second-order valence-corrected chi connectivity index (χ2v) is 4.88. The zero-order valence-corrected chi connectivity index (χ0v) is 9.06. The molecule has 2 atom stereocenters. The second kappa shape index (κ2) is 2.96. The highest BCUT2D eigenvalue weighted by atomic mass is 32.1. The van der Waals surface area contributed by atoms with Crippen molar-refractivity contribution in [1.82, 2.24) is 9.88 Å². The van der Waals surface area contributed by atoms with Gasteiger partial charge in [-0.1, -0.05) is 6.92 Å². The molecule has 3 nitrogen and oxygen atoms in total. The Bertz CT molecular complexity index is 321. The van der Waals surface area contributed by atoms with Gasteiger partial charge in [-0.15, -0.1) is 11.3 Å². The molecule has 1 aromatic heterocycles. The molecule has 1 aliphatic heterocycles. The van der Waals surface area contributed by atoms with Crippen LogP contribution in [0.15, 0.2) is 0 Å². The first-order valence-electron chi connectivity index (χ1n) is 4.56. The number of aromatic nitrogens is 1. The molecule has 0 bridgehead atoms. The number of fused-ring (bicyclic) bond motifs is 1.